The van der Waals surface area contributed by atoms with Gasteiger partial charge in [-0.25, -0.2) is 0 Å². The lowest BCUT2D eigenvalue weighted by Gasteiger charge is -2.23. The minimum absolute atomic E-state index is 0.434. The van der Waals surface area contributed by atoms with Crippen LogP contribution in [0.25, 0.3) is 0 Å². The van der Waals surface area contributed by atoms with Crippen LogP contribution in [0.3, 0.4) is 0 Å². The largest absolute Gasteiger partial charge is 0.480 e. The van der Waals surface area contributed by atoms with Gasteiger partial charge in [0.05, 0.1) is 0 Å². The van der Waals surface area contributed by atoms with Crippen molar-refractivity contribution in [1.29, 1.82) is 0 Å². The lowest BCUT2D eigenvalue weighted by atomic mass is 10.1. The fraction of sp³-hybridized carbons (Fsp3) is 0.583. The van der Waals surface area contributed by atoms with E-state index in [2.05, 4.69) is 11.8 Å². The molecule has 16 heavy (non-hydrogen) atoms. The Balaban J connectivity index is 2.12. The van der Waals surface area contributed by atoms with E-state index in [0.29, 0.717) is 5.92 Å². The molecule has 1 aliphatic heterocycles. The van der Waals surface area contributed by atoms with Gasteiger partial charge >= 0.3 is 5.97 Å². The first-order chi connectivity index (χ1) is 7.72. The van der Waals surface area contributed by atoms with Crippen LogP contribution < -0.4 is 0 Å². The van der Waals surface area contributed by atoms with Crippen LogP contribution in [0.15, 0.2) is 17.5 Å². The number of likely N-dealkylation sites (tertiary alicyclic amines) is 1. The SMILES string of the molecule is CCC1CCN(C(C(=O)O)c2cccs2)C1. The fourth-order valence-corrected chi connectivity index (χ4v) is 3.19. The standard InChI is InChI=1S/C12H17NO2S/c1-2-9-5-6-13(8-9)11(12(14)15)10-4-3-7-16-10/h3-4,7,9,11H,2,5-6,8H2,1H3,(H,14,15). The van der Waals surface area contributed by atoms with Crippen molar-refractivity contribution >= 4 is 17.3 Å². The van der Waals surface area contributed by atoms with Gasteiger partial charge in [0, 0.05) is 11.4 Å². The molecule has 0 bridgehead atoms. The van der Waals surface area contributed by atoms with E-state index < -0.39 is 12.0 Å². The van der Waals surface area contributed by atoms with Crippen LogP contribution in [0, 0.1) is 5.92 Å². The van der Waals surface area contributed by atoms with E-state index in [4.69, 9.17) is 0 Å². The fourth-order valence-electron chi connectivity index (χ4n) is 2.34. The van der Waals surface area contributed by atoms with Crippen molar-refractivity contribution < 1.29 is 9.90 Å². The summed E-state index contributed by atoms with van der Waals surface area (Å²) in [7, 11) is 0. The maximum atomic E-state index is 11.3. The first-order valence-corrected chi connectivity index (χ1v) is 6.60. The topological polar surface area (TPSA) is 40.5 Å². The summed E-state index contributed by atoms with van der Waals surface area (Å²) in [6.45, 7) is 4.01. The molecule has 3 nitrogen and oxygen atoms in total. The summed E-state index contributed by atoms with van der Waals surface area (Å²) in [5.41, 5.74) is 0. The molecular weight excluding hydrogens is 222 g/mol. The van der Waals surface area contributed by atoms with Gasteiger partial charge in [0.15, 0.2) is 0 Å². The summed E-state index contributed by atoms with van der Waals surface area (Å²) in [6.07, 6.45) is 2.28. The molecule has 2 atom stereocenters. The minimum atomic E-state index is -0.723. The summed E-state index contributed by atoms with van der Waals surface area (Å²) >= 11 is 1.53. The van der Waals surface area contributed by atoms with Gasteiger partial charge in [-0.05, 0) is 30.3 Å². The van der Waals surface area contributed by atoms with Crippen molar-refractivity contribution in [2.45, 2.75) is 25.8 Å². The predicted molar refractivity (Wildman–Crippen MR) is 64.7 cm³/mol. The average Bonchev–Trinajstić information content (AvgIpc) is 2.88. The Morgan fingerprint density at radius 3 is 3.06 bits per heavy atom. The lowest BCUT2D eigenvalue weighted by Crippen LogP contribution is -2.31. The molecule has 2 heterocycles. The van der Waals surface area contributed by atoms with Gasteiger partial charge in [0.25, 0.3) is 0 Å². The zero-order valence-electron chi connectivity index (χ0n) is 9.43. The second-order valence-electron chi connectivity index (χ2n) is 4.31. The molecule has 1 aromatic rings. The van der Waals surface area contributed by atoms with Crippen molar-refractivity contribution in [3.05, 3.63) is 22.4 Å². The van der Waals surface area contributed by atoms with Crippen LogP contribution in [-0.2, 0) is 4.79 Å². The second-order valence-corrected chi connectivity index (χ2v) is 5.29. The first kappa shape index (κ1) is 11.6. The highest BCUT2D eigenvalue weighted by Crippen LogP contribution is 2.31. The third kappa shape index (κ3) is 2.28. The molecule has 0 aromatic carbocycles. The highest BCUT2D eigenvalue weighted by molar-refractivity contribution is 7.10. The van der Waals surface area contributed by atoms with E-state index >= 15 is 0 Å². The number of thiophene rings is 1. The Morgan fingerprint density at radius 1 is 1.75 bits per heavy atom. The zero-order chi connectivity index (χ0) is 11.5. The van der Waals surface area contributed by atoms with Gasteiger partial charge in [-0.15, -0.1) is 11.3 Å². The van der Waals surface area contributed by atoms with E-state index in [1.54, 1.807) is 0 Å². The number of carboxylic acid groups (broad SMARTS) is 1. The van der Waals surface area contributed by atoms with Gasteiger partial charge in [-0.3, -0.25) is 9.69 Å². The number of carbonyl (C=O) groups is 1. The van der Waals surface area contributed by atoms with Crippen molar-refractivity contribution in [3.63, 3.8) is 0 Å². The smallest absolute Gasteiger partial charge is 0.326 e. The van der Waals surface area contributed by atoms with Crippen LogP contribution in [0.2, 0.25) is 0 Å². The number of aliphatic carboxylic acids is 1. The molecule has 0 spiro atoms. The van der Waals surface area contributed by atoms with Crippen LogP contribution in [0.4, 0.5) is 0 Å². The zero-order valence-corrected chi connectivity index (χ0v) is 10.2. The Morgan fingerprint density at radius 2 is 2.56 bits per heavy atom. The molecule has 88 valence electrons. The Bertz CT molecular complexity index is 350. The van der Waals surface area contributed by atoms with Crippen LogP contribution in [0.1, 0.15) is 30.7 Å². The maximum absolute atomic E-state index is 11.3. The molecule has 4 heteroatoms. The summed E-state index contributed by atoms with van der Waals surface area (Å²) in [5, 5.41) is 11.3. The Hall–Kier alpha value is -0.870. The highest BCUT2D eigenvalue weighted by atomic mass is 32.1. The van der Waals surface area contributed by atoms with Gasteiger partial charge < -0.3 is 5.11 Å². The van der Waals surface area contributed by atoms with E-state index in [-0.39, 0.29) is 0 Å². The Kier molecular flexibility index (Phi) is 3.61. The van der Waals surface area contributed by atoms with Crippen molar-refractivity contribution in [3.8, 4) is 0 Å². The van der Waals surface area contributed by atoms with Gasteiger partial charge in [-0.2, -0.15) is 0 Å². The molecule has 2 rings (SSSR count). The molecule has 1 aliphatic rings. The van der Waals surface area contributed by atoms with E-state index in [0.717, 1.165) is 30.8 Å². The van der Waals surface area contributed by atoms with Gasteiger partial charge in [0.1, 0.15) is 6.04 Å². The predicted octanol–water partition coefficient (Wildman–Crippen LogP) is 2.61. The summed E-state index contributed by atoms with van der Waals surface area (Å²) in [5.74, 6) is -0.0546. The average molecular weight is 239 g/mol. The van der Waals surface area contributed by atoms with Crippen LogP contribution in [0.5, 0.6) is 0 Å². The molecule has 0 saturated carbocycles. The molecule has 0 aliphatic carbocycles. The Labute approximate surface area is 99.7 Å². The number of hydrogen-bond acceptors (Lipinski definition) is 3. The third-order valence-electron chi connectivity index (χ3n) is 3.31. The van der Waals surface area contributed by atoms with Gasteiger partial charge in [-0.1, -0.05) is 19.4 Å². The minimum Gasteiger partial charge on any atom is -0.480 e. The molecule has 1 fully saturated rings. The number of hydrogen-bond donors (Lipinski definition) is 1. The molecule has 2 unspecified atom stereocenters. The first-order valence-electron chi connectivity index (χ1n) is 5.72. The molecular formula is C12H17NO2S. The molecule has 0 radical (unpaired) electrons. The van der Waals surface area contributed by atoms with E-state index in [1.807, 2.05) is 17.5 Å². The number of nitrogens with zero attached hydrogens (tertiary/aromatic N) is 1. The van der Waals surface area contributed by atoms with Crippen molar-refractivity contribution in [2.75, 3.05) is 13.1 Å². The van der Waals surface area contributed by atoms with E-state index in [1.165, 1.54) is 11.3 Å². The number of rotatable bonds is 4. The normalized spacial score (nSPS) is 23.4. The quantitative estimate of drug-likeness (QED) is 0.878. The monoisotopic (exact) mass is 239 g/mol. The van der Waals surface area contributed by atoms with E-state index in [9.17, 15) is 9.90 Å². The summed E-state index contributed by atoms with van der Waals surface area (Å²) in [4.78, 5) is 14.4. The highest BCUT2D eigenvalue weighted by Gasteiger charge is 2.33. The lowest BCUT2D eigenvalue weighted by molar-refractivity contribution is -0.143. The summed E-state index contributed by atoms with van der Waals surface area (Å²) < 4.78 is 0. The second kappa shape index (κ2) is 4.97. The maximum Gasteiger partial charge on any atom is 0.326 e. The molecule has 1 saturated heterocycles. The molecule has 0 amide bonds. The van der Waals surface area contributed by atoms with Crippen LogP contribution >= 0.6 is 11.3 Å². The van der Waals surface area contributed by atoms with Crippen molar-refractivity contribution in [2.24, 2.45) is 5.92 Å². The van der Waals surface area contributed by atoms with Gasteiger partial charge in [0.2, 0.25) is 0 Å². The molecule has 1 aromatic heterocycles. The third-order valence-corrected chi connectivity index (χ3v) is 4.23. The van der Waals surface area contributed by atoms with Crippen LogP contribution in [-0.4, -0.2) is 29.1 Å². The summed E-state index contributed by atoms with van der Waals surface area (Å²) in [6, 6.07) is 3.41. The van der Waals surface area contributed by atoms with Crippen molar-refractivity contribution in [1.82, 2.24) is 4.90 Å². The molecule has 1 N–H and O–H groups in total. The number of carboxylic acids is 1.